The number of benzene rings is 2. The molecule has 0 unspecified atom stereocenters. The predicted octanol–water partition coefficient (Wildman–Crippen LogP) is 3.47. The quantitative estimate of drug-likeness (QED) is 0.540. The molecule has 2 aromatic rings. The zero-order valence-electron chi connectivity index (χ0n) is 16.8. The molecule has 0 atom stereocenters. The van der Waals surface area contributed by atoms with Crippen molar-refractivity contribution in [3.05, 3.63) is 63.8 Å². The number of thioether (sulfide) groups is 1. The molecule has 1 fully saturated rings. The Kier molecular flexibility index (Phi) is 5.59. The highest BCUT2D eigenvalue weighted by Gasteiger charge is 2.29. The van der Waals surface area contributed by atoms with Gasteiger partial charge < -0.3 is 20.1 Å². The third-order valence-corrected chi connectivity index (χ3v) is 6.08. The lowest BCUT2D eigenvalue weighted by Gasteiger charge is -2.30. The van der Waals surface area contributed by atoms with Crippen LogP contribution < -0.4 is 15.0 Å². The van der Waals surface area contributed by atoms with Gasteiger partial charge in [-0.1, -0.05) is 48.2 Å². The van der Waals surface area contributed by atoms with Crippen LogP contribution >= 0.6 is 24.0 Å². The molecule has 1 saturated heterocycles. The first-order chi connectivity index (χ1) is 14.6. The number of aliphatic hydroxyl groups is 1. The molecule has 2 N–H and O–H groups in total. The summed E-state index contributed by atoms with van der Waals surface area (Å²) < 4.78 is 20.4. The van der Waals surface area contributed by atoms with Crippen molar-refractivity contribution in [3.63, 3.8) is 0 Å². The maximum atomic E-state index is 14.7. The first-order valence-electron chi connectivity index (χ1n) is 9.45. The van der Waals surface area contributed by atoms with Gasteiger partial charge in [-0.15, -0.1) is 0 Å². The molecular weight excluding hydrogens is 439 g/mol. The second-order valence-corrected chi connectivity index (χ2v) is 9.45. The summed E-state index contributed by atoms with van der Waals surface area (Å²) in [7, 11) is 0. The largest absolute Gasteiger partial charge is 0.478 e. The maximum Gasteiger partial charge on any atom is 0.265 e. The topological polar surface area (TPSA) is 78.9 Å². The number of halogens is 1. The van der Waals surface area contributed by atoms with Crippen LogP contribution in [0.1, 0.15) is 30.5 Å². The van der Waals surface area contributed by atoms with Crippen molar-refractivity contribution in [1.82, 2.24) is 5.32 Å². The van der Waals surface area contributed by atoms with Gasteiger partial charge in [-0.2, -0.15) is 0 Å². The van der Waals surface area contributed by atoms with E-state index in [1.807, 2.05) is 12.1 Å². The van der Waals surface area contributed by atoms with Gasteiger partial charge in [-0.3, -0.25) is 9.59 Å². The van der Waals surface area contributed by atoms with Crippen molar-refractivity contribution in [2.75, 3.05) is 11.5 Å². The van der Waals surface area contributed by atoms with E-state index in [0.717, 1.165) is 22.9 Å². The second kappa shape index (κ2) is 8.07. The number of amides is 2. The van der Waals surface area contributed by atoms with E-state index in [-0.39, 0.29) is 30.7 Å². The van der Waals surface area contributed by atoms with Crippen molar-refractivity contribution < 1.29 is 23.8 Å². The number of nitrogens with zero attached hydrogens (tertiary/aromatic N) is 1. The number of hydrogen-bond acceptors (Lipinski definition) is 6. The minimum Gasteiger partial charge on any atom is -0.478 e. The summed E-state index contributed by atoms with van der Waals surface area (Å²) in [5.74, 6) is -1.28. The molecule has 2 heterocycles. The van der Waals surface area contributed by atoms with E-state index in [4.69, 9.17) is 17.0 Å². The summed E-state index contributed by atoms with van der Waals surface area (Å²) in [5.41, 5.74) is 1.29. The Bertz CT molecular complexity index is 1120. The molecule has 0 spiro atoms. The Morgan fingerprint density at radius 2 is 2.00 bits per heavy atom. The van der Waals surface area contributed by atoms with Crippen molar-refractivity contribution in [2.45, 2.75) is 26.0 Å². The molecule has 9 heteroatoms. The van der Waals surface area contributed by atoms with Gasteiger partial charge in [-0.25, -0.2) is 4.39 Å². The molecule has 2 aliphatic rings. The fourth-order valence-electron chi connectivity index (χ4n) is 3.32. The lowest BCUT2D eigenvalue weighted by atomic mass is 9.97. The second-order valence-electron chi connectivity index (χ2n) is 7.73. The van der Waals surface area contributed by atoms with Crippen LogP contribution in [0.15, 0.2) is 41.3 Å². The summed E-state index contributed by atoms with van der Waals surface area (Å²) in [5, 5.41) is 12.6. The average molecular weight is 459 g/mol. The number of fused-ring (bicyclic) bond motifs is 1. The van der Waals surface area contributed by atoms with Crippen LogP contribution in [0, 0.1) is 5.82 Å². The van der Waals surface area contributed by atoms with Crippen LogP contribution in [0.3, 0.4) is 0 Å². The van der Waals surface area contributed by atoms with E-state index in [9.17, 15) is 19.1 Å². The third-order valence-electron chi connectivity index (χ3n) is 4.92. The number of carbonyl (C=O) groups excluding carboxylic acids is 2. The Labute approximate surface area is 188 Å². The molecule has 0 saturated carbocycles. The van der Waals surface area contributed by atoms with E-state index in [2.05, 4.69) is 5.32 Å². The third kappa shape index (κ3) is 4.48. The van der Waals surface area contributed by atoms with Crippen molar-refractivity contribution >= 4 is 51.9 Å². The minimum absolute atomic E-state index is 0.00564. The van der Waals surface area contributed by atoms with Crippen LogP contribution in [-0.4, -0.2) is 27.8 Å². The van der Waals surface area contributed by atoms with Gasteiger partial charge in [0, 0.05) is 0 Å². The molecule has 2 aromatic carbocycles. The highest BCUT2D eigenvalue weighted by molar-refractivity contribution is 8.26. The lowest BCUT2D eigenvalue weighted by molar-refractivity contribution is -0.121. The van der Waals surface area contributed by atoms with Crippen LogP contribution in [0.2, 0.25) is 0 Å². The predicted molar refractivity (Wildman–Crippen MR) is 121 cm³/mol. The van der Waals surface area contributed by atoms with Crippen molar-refractivity contribution in [2.24, 2.45) is 0 Å². The fourth-order valence-corrected chi connectivity index (χ4v) is 4.36. The van der Waals surface area contributed by atoms with Crippen LogP contribution in [-0.2, 0) is 21.7 Å². The highest BCUT2D eigenvalue weighted by atomic mass is 32.2. The summed E-state index contributed by atoms with van der Waals surface area (Å²) >= 11 is 6.08. The number of thiocarbonyl (C=S) groups is 1. The van der Waals surface area contributed by atoms with Crippen LogP contribution in [0.25, 0.3) is 6.08 Å². The van der Waals surface area contributed by atoms with E-state index >= 15 is 0 Å². The van der Waals surface area contributed by atoms with Crippen LogP contribution in [0.5, 0.6) is 5.75 Å². The number of carbonyl (C=O) groups is 2. The number of ether oxygens (including phenoxy) is 1. The number of anilines is 1. The summed E-state index contributed by atoms with van der Waals surface area (Å²) in [6, 6.07) is 10.1. The van der Waals surface area contributed by atoms with Gasteiger partial charge in [0.25, 0.3) is 11.8 Å². The smallest absolute Gasteiger partial charge is 0.265 e. The highest BCUT2D eigenvalue weighted by Crippen LogP contribution is 2.38. The molecule has 4 rings (SSSR count). The first-order valence-corrected chi connectivity index (χ1v) is 10.7. The van der Waals surface area contributed by atoms with Crippen LogP contribution in [0.4, 0.5) is 10.1 Å². The monoisotopic (exact) mass is 458 g/mol. The van der Waals surface area contributed by atoms with Crippen molar-refractivity contribution in [1.29, 1.82) is 0 Å². The van der Waals surface area contributed by atoms with Gasteiger partial charge in [0.2, 0.25) is 0 Å². The number of nitrogens with one attached hydrogen (secondary N) is 1. The Balaban J connectivity index is 1.68. The standard InChI is InChI=1S/C22H19FN2O4S2/c1-22(2,28)14-5-3-12(4-6-14)10-25-16-8-13(9-17-20(27)24-21(30)31-17)7-15(23)19(16)29-11-18(25)26/h3-9,28H,10-11H2,1-2H3,(H,24,27,30). The molecular formula is C22H19FN2O4S2. The number of rotatable bonds is 4. The van der Waals surface area contributed by atoms with E-state index in [1.54, 1.807) is 32.0 Å². The van der Waals surface area contributed by atoms with Gasteiger partial charge in [-0.05, 0) is 48.7 Å². The molecule has 0 radical (unpaired) electrons. The Morgan fingerprint density at radius 3 is 2.61 bits per heavy atom. The van der Waals surface area contributed by atoms with E-state index < -0.39 is 11.4 Å². The van der Waals surface area contributed by atoms with Gasteiger partial charge in [0.05, 0.1) is 22.7 Å². The molecule has 2 aliphatic heterocycles. The first kappa shape index (κ1) is 21.5. The lowest BCUT2D eigenvalue weighted by Crippen LogP contribution is -2.38. The molecule has 0 aliphatic carbocycles. The normalized spacial score (nSPS) is 17.6. The maximum absolute atomic E-state index is 14.7. The Morgan fingerprint density at radius 1 is 1.29 bits per heavy atom. The average Bonchev–Trinajstić information content (AvgIpc) is 3.00. The van der Waals surface area contributed by atoms with E-state index in [1.165, 1.54) is 17.0 Å². The summed E-state index contributed by atoms with van der Waals surface area (Å²) in [6.45, 7) is 3.33. The SMILES string of the molecule is CC(C)(O)c1ccc(CN2C(=O)COc3c(F)cc(C=C4SC(=S)NC4=O)cc32)cc1. The fraction of sp³-hybridized carbons (Fsp3) is 0.227. The van der Waals surface area contributed by atoms with Gasteiger partial charge in [0.15, 0.2) is 18.2 Å². The molecule has 0 aromatic heterocycles. The van der Waals surface area contributed by atoms with Gasteiger partial charge in [0.1, 0.15) is 4.32 Å². The van der Waals surface area contributed by atoms with E-state index in [0.29, 0.717) is 20.5 Å². The number of hydrogen-bond donors (Lipinski definition) is 2. The van der Waals surface area contributed by atoms with Gasteiger partial charge >= 0.3 is 0 Å². The zero-order chi connectivity index (χ0) is 22.3. The summed E-state index contributed by atoms with van der Waals surface area (Å²) in [6.07, 6.45) is 1.53. The summed E-state index contributed by atoms with van der Waals surface area (Å²) in [4.78, 5) is 26.3. The molecule has 160 valence electrons. The molecule has 0 bridgehead atoms. The minimum atomic E-state index is -0.974. The zero-order valence-corrected chi connectivity index (χ0v) is 18.4. The molecule has 31 heavy (non-hydrogen) atoms. The molecule has 2 amide bonds. The Hall–Kier alpha value is -2.75. The van der Waals surface area contributed by atoms with Crippen molar-refractivity contribution in [3.8, 4) is 5.75 Å². The molecule has 6 nitrogen and oxygen atoms in total.